The zero-order valence-electron chi connectivity index (χ0n) is 10.6. The number of hydrogen-bond donors (Lipinski definition) is 2. The van der Waals surface area contributed by atoms with E-state index in [0.717, 1.165) is 26.5 Å². The molecule has 3 nitrogen and oxygen atoms in total. The summed E-state index contributed by atoms with van der Waals surface area (Å²) in [6, 6.07) is 5.76. The molecule has 1 heterocycles. The van der Waals surface area contributed by atoms with Crippen molar-refractivity contribution in [3.63, 3.8) is 0 Å². The van der Waals surface area contributed by atoms with Crippen LogP contribution in [0.3, 0.4) is 0 Å². The first kappa shape index (κ1) is 14.4. The van der Waals surface area contributed by atoms with E-state index in [1.54, 1.807) is 11.3 Å². The summed E-state index contributed by atoms with van der Waals surface area (Å²) >= 11 is 10.1. The van der Waals surface area contributed by atoms with Gasteiger partial charge in [0.15, 0.2) is 5.13 Å². The molecule has 1 aromatic heterocycles. The lowest BCUT2D eigenvalue weighted by Gasteiger charge is -2.09. The number of anilines is 2. The summed E-state index contributed by atoms with van der Waals surface area (Å²) < 4.78 is 0.968. The van der Waals surface area contributed by atoms with Gasteiger partial charge in [0, 0.05) is 15.4 Å². The van der Waals surface area contributed by atoms with Gasteiger partial charge in [-0.05, 0) is 24.1 Å². The molecule has 0 atom stereocenters. The lowest BCUT2D eigenvalue weighted by Crippen LogP contribution is -2.11. The van der Waals surface area contributed by atoms with Gasteiger partial charge in [-0.15, -0.1) is 11.3 Å². The van der Waals surface area contributed by atoms with Gasteiger partial charge < -0.3 is 11.1 Å². The molecule has 0 saturated carbocycles. The van der Waals surface area contributed by atoms with Gasteiger partial charge in [0.25, 0.3) is 0 Å². The Kier molecular flexibility index (Phi) is 4.54. The van der Waals surface area contributed by atoms with Crippen LogP contribution in [0.1, 0.15) is 31.0 Å². The zero-order chi connectivity index (χ0) is 14.0. The highest BCUT2D eigenvalue weighted by Crippen LogP contribution is 2.28. The van der Waals surface area contributed by atoms with Crippen LogP contribution in [0, 0.1) is 0 Å². The van der Waals surface area contributed by atoms with Crippen molar-refractivity contribution >= 4 is 55.3 Å². The molecular formula is C13H14BrN3S2. The third-order valence-electron chi connectivity index (χ3n) is 2.60. The molecule has 0 radical (unpaired) electrons. The Bertz CT molecular complexity index is 608. The molecule has 0 spiro atoms. The van der Waals surface area contributed by atoms with E-state index in [9.17, 15) is 0 Å². The zero-order valence-corrected chi connectivity index (χ0v) is 13.8. The van der Waals surface area contributed by atoms with Gasteiger partial charge in [0.05, 0.1) is 11.4 Å². The van der Waals surface area contributed by atoms with Gasteiger partial charge in [-0.2, -0.15) is 0 Å². The molecule has 0 saturated heterocycles. The molecule has 0 bridgehead atoms. The molecule has 0 amide bonds. The number of nitrogens with two attached hydrogens (primary N) is 1. The molecular weight excluding hydrogens is 342 g/mol. The van der Waals surface area contributed by atoms with Gasteiger partial charge in [-0.3, -0.25) is 0 Å². The summed E-state index contributed by atoms with van der Waals surface area (Å²) in [7, 11) is 0. The quantitative estimate of drug-likeness (QED) is 0.797. The fourth-order valence-corrected chi connectivity index (χ4v) is 2.98. The monoisotopic (exact) mass is 355 g/mol. The Hall–Kier alpha value is -0.980. The molecule has 0 aliphatic carbocycles. The van der Waals surface area contributed by atoms with Gasteiger partial charge in [-0.25, -0.2) is 4.98 Å². The van der Waals surface area contributed by atoms with Crippen molar-refractivity contribution in [2.45, 2.75) is 19.8 Å². The lowest BCUT2D eigenvalue weighted by molar-refractivity contribution is 0.834. The number of aromatic nitrogens is 1. The van der Waals surface area contributed by atoms with Crippen molar-refractivity contribution in [1.29, 1.82) is 0 Å². The predicted octanol–water partition coefficient (Wildman–Crippen LogP) is 4.41. The summed E-state index contributed by atoms with van der Waals surface area (Å²) in [6.45, 7) is 4.25. The van der Waals surface area contributed by atoms with E-state index in [-0.39, 0.29) is 0 Å². The van der Waals surface area contributed by atoms with E-state index >= 15 is 0 Å². The first-order valence-electron chi connectivity index (χ1n) is 5.79. The van der Waals surface area contributed by atoms with Crippen molar-refractivity contribution in [2.75, 3.05) is 5.32 Å². The molecule has 3 N–H and O–H groups in total. The maximum atomic E-state index is 5.73. The second-order valence-electron chi connectivity index (χ2n) is 4.41. The first-order chi connectivity index (χ1) is 8.97. The second-order valence-corrected chi connectivity index (χ2v) is 6.62. The Morgan fingerprint density at radius 3 is 2.79 bits per heavy atom. The number of nitrogens with one attached hydrogen (secondary N) is 1. The van der Waals surface area contributed by atoms with Crippen LogP contribution in [-0.2, 0) is 0 Å². The number of thiocarbonyl (C=S) groups is 1. The topological polar surface area (TPSA) is 50.9 Å². The molecule has 19 heavy (non-hydrogen) atoms. The van der Waals surface area contributed by atoms with Crippen LogP contribution < -0.4 is 11.1 Å². The Morgan fingerprint density at radius 1 is 1.47 bits per heavy atom. The Morgan fingerprint density at radius 2 is 2.21 bits per heavy atom. The minimum atomic E-state index is 0.371. The Balaban J connectivity index is 2.31. The lowest BCUT2D eigenvalue weighted by atomic mass is 10.2. The van der Waals surface area contributed by atoms with Gasteiger partial charge in [-0.1, -0.05) is 42.0 Å². The van der Waals surface area contributed by atoms with Gasteiger partial charge in [0.1, 0.15) is 4.99 Å². The van der Waals surface area contributed by atoms with E-state index in [1.807, 2.05) is 18.2 Å². The minimum absolute atomic E-state index is 0.371. The highest BCUT2D eigenvalue weighted by atomic mass is 79.9. The van der Waals surface area contributed by atoms with Crippen molar-refractivity contribution in [3.05, 3.63) is 39.3 Å². The van der Waals surface area contributed by atoms with Crippen molar-refractivity contribution in [1.82, 2.24) is 4.98 Å². The molecule has 0 fully saturated rings. The molecule has 100 valence electrons. The number of hydrogen-bond acceptors (Lipinski definition) is 4. The van der Waals surface area contributed by atoms with Crippen LogP contribution in [0.5, 0.6) is 0 Å². The van der Waals surface area contributed by atoms with Crippen LogP contribution in [-0.4, -0.2) is 9.97 Å². The average Bonchev–Trinajstić information content (AvgIpc) is 2.77. The normalized spacial score (nSPS) is 10.7. The third kappa shape index (κ3) is 3.52. The maximum absolute atomic E-state index is 5.73. The number of benzene rings is 1. The van der Waals surface area contributed by atoms with E-state index in [0.29, 0.717) is 10.9 Å². The molecule has 2 rings (SSSR count). The van der Waals surface area contributed by atoms with Crippen LogP contribution in [0.25, 0.3) is 0 Å². The molecule has 6 heteroatoms. The van der Waals surface area contributed by atoms with Crippen LogP contribution in [0.2, 0.25) is 0 Å². The van der Waals surface area contributed by atoms with Crippen LogP contribution >= 0.6 is 39.5 Å². The van der Waals surface area contributed by atoms with Crippen molar-refractivity contribution < 1.29 is 0 Å². The van der Waals surface area contributed by atoms with E-state index in [1.165, 1.54) is 0 Å². The second kappa shape index (κ2) is 5.98. The Labute approximate surface area is 130 Å². The summed E-state index contributed by atoms with van der Waals surface area (Å²) in [4.78, 5) is 4.91. The fourth-order valence-electron chi connectivity index (χ4n) is 1.56. The number of rotatable bonds is 4. The molecule has 2 aromatic rings. The number of thiazole rings is 1. The highest BCUT2D eigenvalue weighted by Gasteiger charge is 2.10. The smallest absolute Gasteiger partial charge is 0.187 e. The van der Waals surface area contributed by atoms with Crippen molar-refractivity contribution in [3.8, 4) is 0 Å². The molecule has 1 aromatic carbocycles. The number of halogens is 1. The standard InChI is InChI=1S/C13H14BrN3S2/c1-7(2)11-6-19-13(17-11)16-10-5-8(14)3-4-9(10)12(15)18/h3-7H,1-2H3,(H2,15,18)(H,16,17). The predicted molar refractivity (Wildman–Crippen MR) is 89.5 cm³/mol. The molecule has 0 unspecified atom stereocenters. The summed E-state index contributed by atoms with van der Waals surface area (Å²) in [5, 5.41) is 6.19. The largest absolute Gasteiger partial charge is 0.389 e. The first-order valence-corrected chi connectivity index (χ1v) is 7.87. The fraction of sp³-hybridized carbons (Fsp3) is 0.231. The average molecular weight is 356 g/mol. The SMILES string of the molecule is CC(C)c1csc(Nc2cc(Br)ccc2C(N)=S)n1. The summed E-state index contributed by atoms with van der Waals surface area (Å²) in [5.41, 5.74) is 8.50. The maximum Gasteiger partial charge on any atom is 0.187 e. The molecule has 0 aliphatic heterocycles. The van der Waals surface area contributed by atoms with E-state index < -0.39 is 0 Å². The third-order valence-corrected chi connectivity index (χ3v) is 4.09. The van der Waals surface area contributed by atoms with Crippen LogP contribution in [0.15, 0.2) is 28.1 Å². The minimum Gasteiger partial charge on any atom is -0.389 e. The van der Waals surface area contributed by atoms with Crippen LogP contribution in [0.4, 0.5) is 10.8 Å². The van der Waals surface area contributed by atoms with Gasteiger partial charge >= 0.3 is 0 Å². The molecule has 0 aliphatic rings. The number of nitrogens with zero attached hydrogens (tertiary/aromatic N) is 1. The van der Waals surface area contributed by atoms with E-state index in [2.05, 4.69) is 45.5 Å². The summed E-state index contributed by atoms with van der Waals surface area (Å²) in [6.07, 6.45) is 0. The summed E-state index contributed by atoms with van der Waals surface area (Å²) in [5.74, 6) is 0.421. The van der Waals surface area contributed by atoms with E-state index in [4.69, 9.17) is 18.0 Å². The van der Waals surface area contributed by atoms with Gasteiger partial charge in [0.2, 0.25) is 0 Å². The van der Waals surface area contributed by atoms with Crippen molar-refractivity contribution in [2.24, 2.45) is 5.73 Å². The highest BCUT2D eigenvalue weighted by molar-refractivity contribution is 9.10.